The van der Waals surface area contributed by atoms with Crippen molar-refractivity contribution in [2.24, 2.45) is 5.73 Å². The lowest BCUT2D eigenvalue weighted by molar-refractivity contribution is -0.192. The molecule has 0 heterocycles. The minimum Gasteiger partial charge on any atom is -0.482 e. The number of hydrogen-bond acceptors (Lipinski definition) is 6. The van der Waals surface area contributed by atoms with Crippen molar-refractivity contribution in [2.75, 3.05) is 19.0 Å². The van der Waals surface area contributed by atoms with Crippen molar-refractivity contribution >= 4 is 40.1 Å². The Kier molecular flexibility index (Phi) is 8.75. The van der Waals surface area contributed by atoms with E-state index >= 15 is 0 Å². The van der Waals surface area contributed by atoms with Gasteiger partial charge in [-0.05, 0) is 53.2 Å². The summed E-state index contributed by atoms with van der Waals surface area (Å²) in [5, 5.41) is 19.2. The van der Waals surface area contributed by atoms with Crippen LogP contribution in [-0.4, -0.2) is 48.7 Å². The van der Waals surface area contributed by atoms with E-state index in [1.807, 2.05) is 18.2 Å². The van der Waals surface area contributed by atoms with Gasteiger partial charge in [0.2, 0.25) is 0 Å². The Labute approximate surface area is 196 Å². The zero-order valence-corrected chi connectivity index (χ0v) is 18.2. The van der Waals surface area contributed by atoms with Crippen molar-refractivity contribution in [3.8, 4) is 5.75 Å². The number of nitrogen functional groups attached to an aromatic ring is 1. The molecule has 3 rings (SSSR count). The number of ether oxygens (including phenoxy) is 2. The third-order valence-corrected chi connectivity index (χ3v) is 4.35. The Morgan fingerprint density at radius 3 is 1.97 bits per heavy atom. The number of carbonyl (C=O) groups is 3. The maximum atomic E-state index is 12.5. The summed E-state index contributed by atoms with van der Waals surface area (Å²) in [6.45, 7) is -0.176. The number of carboxylic acids is 1. The number of alkyl halides is 3. The van der Waals surface area contributed by atoms with Gasteiger partial charge in [0.15, 0.2) is 6.61 Å². The van der Waals surface area contributed by atoms with Crippen molar-refractivity contribution in [3.05, 3.63) is 71.8 Å². The predicted octanol–water partition coefficient (Wildman–Crippen LogP) is 3.56. The zero-order chi connectivity index (χ0) is 26.2. The number of hydrogen-bond donors (Lipinski definition) is 4. The van der Waals surface area contributed by atoms with Crippen LogP contribution in [0.15, 0.2) is 60.7 Å². The Balaban J connectivity index is 0.000000540. The van der Waals surface area contributed by atoms with Gasteiger partial charge in [0, 0.05) is 16.8 Å². The van der Waals surface area contributed by atoms with E-state index in [2.05, 4.69) is 10.1 Å². The van der Waals surface area contributed by atoms with Gasteiger partial charge in [-0.1, -0.05) is 18.2 Å². The molecule has 5 N–H and O–H groups in total. The van der Waals surface area contributed by atoms with Crippen molar-refractivity contribution in [1.82, 2.24) is 0 Å². The van der Waals surface area contributed by atoms with E-state index < -0.39 is 18.1 Å². The van der Waals surface area contributed by atoms with Crippen LogP contribution in [0.4, 0.5) is 18.9 Å². The van der Waals surface area contributed by atoms with E-state index in [1.165, 1.54) is 7.11 Å². The van der Waals surface area contributed by atoms with E-state index in [4.69, 9.17) is 25.8 Å². The van der Waals surface area contributed by atoms with Crippen LogP contribution in [0, 0.1) is 5.41 Å². The fourth-order valence-corrected chi connectivity index (χ4v) is 2.59. The van der Waals surface area contributed by atoms with Crippen molar-refractivity contribution in [1.29, 1.82) is 5.41 Å². The number of carbonyl (C=O) groups excluding carboxylic acids is 2. The number of halogens is 3. The molecule has 3 aromatic carbocycles. The monoisotopic (exact) mass is 491 g/mol. The lowest BCUT2D eigenvalue weighted by Crippen LogP contribution is -2.21. The van der Waals surface area contributed by atoms with Crippen LogP contribution in [0.3, 0.4) is 0 Å². The summed E-state index contributed by atoms with van der Waals surface area (Å²) >= 11 is 0. The molecule has 1 amide bonds. The summed E-state index contributed by atoms with van der Waals surface area (Å²) in [7, 11) is 1.29. The van der Waals surface area contributed by atoms with Gasteiger partial charge < -0.3 is 25.6 Å². The molecular formula is C23H20F3N3O6. The highest BCUT2D eigenvalue weighted by Gasteiger charge is 2.38. The highest BCUT2D eigenvalue weighted by Crippen LogP contribution is 2.20. The van der Waals surface area contributed by atoms with Crippen LogP contribution in [0.5, 0.6) is 5.75 Å². The second kappa shape index (κ2) is 11.5. The maximum absolute atomic E-state index is 12.5. The van der Waals surface area contributed by atoms with Crippen molar-refractivity contribution < 1.29 is 42.1 Å². The van der Waals surface area contributed by atoms with E-state index in [1.54, 1.807) is 42.5 Å². The minimum absolute atomic E-state index is 0.00253. The highest BCUT2D eigenvalue weighted by atomic mass is 19.4. The second-order valence-electron chi connectivity index (χ2n) is 6.84. The van der Waals surface area contributed by atoms with E-state index in [0.29, 0.717) is 22.6 Å². The van der Waals surface area contributed by atoms with Gasteiger partial charge in [0.1, 0.15) is 11.6 Å². The molecule has 0 fully saturated rings. The zero-order valence-electron chi connectivity index (χ0n) is 18.2. The van der Waals surface area contributed by atoms with Gasteiger partial charge >= 0.3 is 18.1 Å². The molecule has 35 heavy (non-hydrogen) atoms. The molecule has 0 saturated heterocycles. The highest BCUT2D eigenvalue weighted by molar-refractivity contribution is 6.07. The summed E-state index contributed by atoms with van der Waals surface area (Å²) in [6, 6.07) is 17.4. The Morgan fingerprint density at radius 2 is 1.49 bits per heavy atom. The maximum Gasteiger partial charge on any atom is 0.490 e. The molecule has 0 spiro atoms. The largest absolute Gasteiger partial charge is 0.490 e. The van der Waals surface area contributed by atoms with Crippen molar-refractivity contribution in [3.63, 3.8) is 0 Å². The summed E-state index contributed by atoms with van der Waals surface area (Å²) in [6.07, 6.45) is -5.08. The first-order valence-corrected chi connectivity index (χ1v) is 9.70. The Morgan fingerprint density at radius 1 is 0.971 bits per heavy atom. The molecule has 0 radical (unpaired) electrons. The molecule has 0 unspecified atom stereocenters. The van der Waals surface area contributed by atoms with Crippen molar-refractivity contribution in [2.45, 2.75) is 6.18 Å². The Bertz CT molecular complexity index is 1240. The number of nitrogens with two attached hydrogens (primary N) is 1. The summed E-state index contributed by atoms with van der Waals surface area (Å²) in [5.74, 6) is -2.98. The lowest BCUT2D eigenvalue weighted by atomic mass is 10.0. The molecule has 0 bridgehead atoms. The third-order valence-electron chi connectivity index (χ3n) is 4.35. The van der Waals surface area contributed by atoms with E-state index in [9.17, 15) is 22.8 Å². The molecular weight excluding hydrogens is 471 g/mol. The minimum atomic E-state index is -5.08. The number of anilines is 1. The number of carboxylic acid groups (broad SMARTS) is 1. The molecule has 9 nitrogen and oxygen atoms in total. The van der Waals surface area contributed by atoms with Gasteiger partial charge in [0.05, 0.1) is 7.11 Å². The number of amides is 1. The van der Waals surface area contributed by atoms with E-state index in [0.717, 1.165) is 10.8 Å². The number of amidine groups is 1. The number of aliphatic carboxylic acids is 1. The number of methoxy groups -OCH3 is 1. The number of nitrogens with one attached hydrogen (secondary N) is 2. The first kappa shape index (κ1) is 26.6. The average Bonchev–Trinajstić information content (AvgIpc) is 2.82. The molecule has 12 heteroatoms. The normalized spacial score (nSPS) is 10.5. The SMILES string of the molecule is COC(=O)COc1ccc(NC(=O)c2ccc3cc(C(=N)N)ccc3c2)cc1.O=C(O)C(F)(F)F. The molecule has 0 saturated carbocycles. The topological polar surface area (TPSA) is 152 Å². The first-order valence-electron chi connectivity index (χ1n) is 9.70. The van der Waals surface area contributed by atoms with Gasteiger partial charge in [-0.3, -0.25) is 10.2 Å². The first-order chi connectivity index (χ1) is 16.4. The van der Waals surface area contributed by atoms with Crippen LogP contribution in [0.2, 0.25) is 0 Å². The van der Waals surface area contributed by atoms with Gasteiger partial charge in [-0.25, -0.2) is 9.59 Å². The number of fused-ring (bicyclic) bond motifs is 1. The molecule has 184 valence electrons. The number of benzene rings is 3. The molecule has 0 aromatic heterocycles. The fourth-order valence-electron chi connectivity index (χ4n) is 2.59. The van der Waals surface area contributed by atoms with Gasteiger partial charge in [-0.2, -0.15) is 13.2 Å². The summed E-state index contributed by atoms with van der Waals surface area (Å²) in [5.41, 5.74) is 7.25. The van der Waals surface area contributed by atoms with Crippen LogP contribution in [0.1, 0.15) is 15.9 Å². The predicted molar refractivity (Wildman–Crippen MR) is 121 cm³/mol. The number of esters is 1. The molecule has 3 aromatic rings. The van der Waals surface area contributed by atoms with Gasteiger partial charge in [-0.15, -0.1) is 0 Å². The van der Waals surface area contributed by atoms with Crippen LogP contribution < -0.4 is 15.8 Å². The molecule has 0 aliphatic heterocycles. The Hall–Kier alpha value is -4.61. The van der Waals surface area contributed by atoms with Crippen LogP contribution in [0.25, 0.3) is 10.8 Å². The fraction of sp³-hybridized carbons (Fsp3) is 0.130. The van der Waals surface area contributed by atoms with Crippen LogP contribution in [-0.2, 0) is 14.3 Å². The molecule has 0 aliphatic carbocycles. The third kappa shape index (κ3) is 8.03. The lowest BCUT2D eigenvalue weighted by Gasteiger charge is -2.09. The smallest absolute Gasteiger partial charge is 0.482 e. The van der Waals surface area contributed by atoms with Gasteiger partial charge in [0.25, 0.3) is 5.91 Å². The molecule has 0 aliphatic rings. The summed E-state index contributed by atoms with van der Waals surface area (Å²) in [4.78, 5) is 32.5. The molecule has 0 atom stereocenters. The second-order valence-corrected chi connectivity index (χ2v) is 6.84. The summed E-state index contributed by atoms with van der Waals surface area (Å²) < 4.78 is 41.5. The quantitative estimate of drug-likeness (QED) is 0.234. The number of rotatable bonds is 6. The van der Waals surface area contributed by atoms with Crippen LogP contribution >= 0.6 is 0 Å². The standard InChI is InChI=1S/C21H19N3O4.C2HF3O2/c1-27-19(25)12-28-18-8-6-17(7-9-18)24-21(26)16-5-3-13-10-15(20(22)23)4-2-14(13)11-16;3-2(4,5)1(6)7/h2-11H,12H2,1H3,(H3,22,23)(H,24,26);(H,6,7). The van der Waals surface area contributed by atoms with E-state index in [-0.39, 0.29) is 18.3 Å². The average molecular weight is 491 g/mol.